The Morgan fingerprint density at radius 2 is 0.961 bits per heavy atom. The number of nitrogens with zero attached hydrogens (tertiary/aromatic N) is 4. The lowest BCUT2D eigenvalue weighted by atomic mass is 9.77. The Labute approximate surface area is 454 Å². The van der Waals surface area contributed by atoms with E-state index in [-0.39, 0.29) is 16.2 Å². The molecule has 0 aliphatic carbocycles. The molecule has 77 heavy (non-hydrogen) atoms. The van der Waals surface area contributed by atoms with Gasteiger partial charge in [-0.1, -0.05) is 212 Å². The van der Waals surface area contributed by atoms with Gasteiger partial charge in [-0.15, -0.1) is 0 Å². The Hall–Kier alpha value is -8.93. The minimum Gasteiger partial charge on any atom is -0.457 e. The molecule has 0 N–H and O–H groups in total. The third-order valence-corrected chi connectivity index (χ3v) is 15.8. The van der Waals surface area contributed by atoms with Gasteiger partial charge in [-0.25, -0.2) is 4.98 Å². The van der Waals surface area contributed by atoms with E-state index in [0.29, 0.717) is 6.67 Å². The van der Waals surface area contributed by atoms with Gasteiger partial charge in [-0.3, -0.25) is 4.57 Å². The van der Waals surface area contributed by atoms with Gasteiger partial charge in [0, 0.05) is 57.5 Å². The Morgan fingerprint density at radius 1 is 0.390 bits per heavy atom. The molecule has 9 aromatic carbocycles. The molecule has 0 spiro atoms. The van der Waals surface area contributed by atoms with Crippen LogP contribution in [0.3, 0.4) is 0 Å². The molecule has 0 atom stereocenters. The van der Waals surface area contributed by atoms with Crippen molar-refractivity contribution in [2.24, 2.45) is 0 Å². The monoisotopic (exact) mass is 1000 g/mol. The van der Waals surface area contributed by atoms with Crippen molar-refractivity contribution in [3.8, 4) is 39.6 Å². The van der Waals surface area contributed by atoms with Crippen LogP contribution in [0.4, 0.5) is 11.4 Å². The van der Waals surface area contributed by atoms with Gasteiger partial charge in [0.15, 0.2) is 0 Å². The predicted molar refractivity (Wildman–Crippen MR) is 322 cm³/mol. The van der Waals surface area contributed by atoms with E-state index in [0.717, 1.165) is 67.3 Å². The molecule has 0 saturated heterocycles. The second kappa shape index (κ2) is 19.6. The van der Waals surface area contributed by atoms with Gasteiger partial charge in [0.1, 0.15) is 17.3 Å². The van der Waals surface area contributed by atoms with Gasteiger partial charge in [0.05, 0.1) is 23.4 Å². The van der Waals surface area contributed by atoms with Crippen LogP contribution < -0.4 is 14.5 Å². The zero-order valence-electron chi connectivity index (χ0n) is 45.1. The third kappa shape index (κ3) is 9.48. The molecule has 0 radical (unpaired) electrons. The highest BCUT2D eigenvalue weighted by atomic mass is 16.5. The van der Waals surface area contributed by atoms with Crippen molar-refractivity contribution >= 4 is 38.9 Å². The summed E-state index contributed by atoms with van der Waals surface area (Å²) in [6.07, 6.45) is 4.27. The average Bonchev–Trinajstić information content (AvgIpc) is 4.07. The summed E-state index contributed by atoms with van der Waals surface area (Å²) in [5, 5.41) is 2.29. The van der Waals surface area contributed by atoms with Gasteiger partial charge in [-0.2, -0.15) is 0 Å². The summed E-state index contributed by atoms with van der Waals surface area (Å²) in [4.78, 5) is 9.89. The maximum absolute atomic E-state index is 7.24. The SMILES string of the molecule is CC(C)(C)c1ccnc(-n2c3ccc(-c4ccccc4)cc3c3ccc(Oc4cc(N5CN(c6cc(-c7ccccc7)cc(C(C)(C)c7ccccc7)c6)C=C5c5ccccc5)cc(C(C)(C)c5ccccc5)c4)cc32)c1. The minimum atomic E-state index is -0.371. The fourth-order valence-corrected chi connectivity index (χ4v) is 11.1. The largest absolute Gasteiger partial charge is 0.457 e. The summed E-state index contributed by atoms with van der Waals surface area (Å²) in [6, 6.07) is 85.4. The number of aromatic nitrogens is 2. The normalized spacial score (nSPS) is 13.1. The second-order valence-electron chi connectivity index (χ2n) is 22.6. The van der Waals surface area contributed by atoms with E-state index in [1.165, 1.54) is 44.5 Å². The van der Waals surface area contributed by atoms with Crippen LogP contribution in [0, 0.1) is 0 Å². The maximum Gasteiger partial charge on any atom is 0.137 e. The van der Waals surface area contributed by atoms with Crippen LogP contribution in [-0.2, 0) is 16.2 Å². The molecule has 1 aliphatic heterocycles. The van der Waals surface area contributed by atoms with Crippen molar-refractivity contribution in [3.05, 3.63) is 282 Å². The maximum atomic E-state index is 7.24. The minimum absolute atomic E-state index is 0.0577. The van der Waals surface area contributed by atoms with Crippen molar-refractivity contribution in [1.82, 2.24) is 9.55 Å². The first-order valence-corrected chi connectivity index (χ1v) is 26.9. The average molecular weight is 1000 g/mol. The van der Waals surface area contributed by atoms with Crippen LogP contribution in [0.5, 0.6) is 11.5 Å². The van der Waals surface area contributed by atoms with Gasteiger partial charge in [-0.05, 0) is 122 Å². The van der Waals surface area contributed by atoms with Gasteiger partial charge in [0.2, 0.25) is 0 Å². The number of anilines is 2. The van der Waals surface area contributed by atoms with E-state index in [1.54, 1.807) is 0 Å². The first-order valence-electron chi connectivity index (χ1n) is 26.9. The molecule has 1 aliphatic rings. The first-order chi connectivity index (χ1) is 37.3. The van der Waals surface area contributed by atoms with E-state index in [1.807, 2.05) is 6.20 Å². The van der Waals surface area contributed by atoms with Crippen molar-refractivity contribution in [1.29, 1.82) is 0 Å². The molecule has 12 rings (SSSR count). The standard InChI is InChI=1S/C72H64N4O/c1-70(2,3)57-37-38-73-69(45-57)76-66-36-33-53(50-23-13-8-14-24-50)41-65(66)64-35-34-62(47-67(64)76)77-63-44-59(72(6,7)56-31-21-12-22-32-56)43-61(46-63)75-49-74(48-68(75)52-27-17-10-18-28-52)60-40-54(51-25-15-9-16-26-51)39-58(42-60)71(4,5)55-29-19-11-20-30-55/h8-48H,49H2,1-7H3. The number of pyridine rings is 1. The van der Waals surface area contributed by atoms with E-state index >= 15 is 0 Å². The fourth-order valence-electron chi connectivity index (χ4n) is 11.1. The van der Waals surface area contributed by atoms with Crippen molar-refractivity contribution < 1.29 is 4.74 Å². The smallest absolute Gasteiger partial charge is 0.137 e. The topological polar surface area (TPSA) is 33.5 Å². The summed E-state index contributed by atoms with van der Waals surface area (Å²) >= 11 is 0. The van der Waals surface area contributed by atoms with E-state index in [9.17, 15) is 0 Å². The van der Waals surface area contributed by atoms with Gasteiger partial charge >= 0.3 is 0 Å². The number of benzene rings is 9. The lowest BCUT2D eigenvalue weighted by Crippen LogP contribution is -2.27. The van der Waals surface area contributed by atoms with Crippen LogP contribution in [0.2, 0.25) is 0 Å². The molecule has 378 valence electrons. The summed E-state index contributed by atoms with van der Waals surface area (Å²) in [7, 11) is 0. The summed E-state index contributed by atoms with van der Waals surface area (Å²) in [6.45, 7) is 16.6. The highest BCUT2D eigenvalue weighted by Crippen LogP contribution is 2.45. The highest BCUT2D eigenvalue weighted by molar-refractivity contribution is 6.10. The molecule has 0 amide bonds. The molecular formula is C72H64N4O. The Morgan fingerprint density at radius 3 is 1.58 bits per heavy atom. The summed E-state index contributed by atoms with van der Waals surface area (Å²) < 4.78 is 9.54. The van der Waals surface area contributed by atoms with Gasteiger partial charge in [0.25, 0.3) is 0 Å². The summed E-state index contributed by atoms with van der Waals surface area (Å²) in [5.41, 5.74) is 16.7. The molecule has 11 aromatic rings. The van der Waals surface area contributed by atoms with E-state index < -0.39 is 0 Å². The van der Waals surface area contributed by atoms with Crippen molar-refractivity contribution in [2.75, 3.05) is 16.5 Å². The number of fused-ring (bicyclic) bond motifs is 3. The third-order valence-electron chi connectivity index (χ3n) is 15.8. The molecule has 2 aromatic heterocycles. The van der Waals surface area contributed by atoms with Crippen LogP contribution in [0.25, 0.3) is 55.6 Å². The fraction of sp³-hybridized carbons (Fsp3) is 0.153. The van der Waals surface area contributed by atoms with E-state index in [4.69, 9.17) is 9.72 Å². The molecular weight excluding hydrogens is 937 g/mol. The number of hydrogen-bond donors (Lipinski definition) is 0. The van der Waals surface area contributed by atoms with Crippen LogP contribution >= 0.6 is 0 Å². The number of rotatable bonds is 12. The van der Waals surface area contributed by atoms with Crippen LogP contribution in [0.1, 0.15) is 81.8 Å². The zero-order valence-corrected chi connectivity index (χ0v) is 45.1. The lowest BCUT2D eigenvalue weighted by Gasteiger charge is -2.31. The number of ether oxygens (including phenoxy) is 1. The predicted octanol–water partition coefficient (Wildman–Crippen LogP) is 18.5. The molecule has 3 heterocycles. The van der Waals surface area contributed by atoms with Crippen molar-refractivity contribution in [3.63, 3.8) is 0 Å². The Kier molecular flexibility index (Phi) is 12.5. The lowest BCUT2D eigenvalue weighted by molar-refractivity contribution is 0.480. The molecule has 0 fully saturated rings. The van der Waals surface area contributed by atoms with Crippen molar-refractivity contribution in [2.45, 2.75) is 64.7 Å². The van der Waals surface area contributed by atoms with Crippen LogP contribution in [0.15, 0.2) is 249 Å². The Balaban J connectivity index is 1.000. The van der Waals surface area contributed by atoms with E-state index in [2.05, 4.69) is 306 Å². The molecule has 5 nitrogen and oxygen atoms in total. The zero-order chi connectivity index (χ0) is 52.9. The van der Waals surface area contributed by atoms with Gasteiger partial charge < -0.3 is 14.5 Å². The molecule has 0 unspecified atom stereocenters. The van der Waals surface area contributed by atoms with Crippen LogP contribution in [-0.4, -0.2) is 16.2 Å². The second-order valence-corrected chi connectivity index (χ2v) is 22.6. The highest BCUT2D eigenvalue weighted by Gasteiger charge is 2.31. The molecule has 0 bridgehead atoms. The number of hydrogen-bond acceptors (Lipinski definition) is 4. The Bertz CT molecular complexity index is 3950. The molecule has 5 heteroatoms. The first kappa shape index (κ1) is 49.0. The quantitative estimate of drug-likeness (QED) is 0.122. The summed E-state index contributed by atoms with van der Waals surface area (Å²) in [5.74, 6) is 2.37. The molecule has 0 saturated carbocycles.